The third-order valence-corrected chi connectivity index (χ3v) is 4.48. The van der Waals surface area contributed by atoms with Gasteiger partial charge in [-0.2, -0.15) is 13.2 Å². The number of alkyl halides is 3. The molecule has 1 amide bonds. The number of ether oxygens (including phenoxy) is 1. The fourth-order valence-corrected chi connectivity index (χ4v) is 3.23. The highest BCUT2D eigenvalue weighted by atomic mass is 32.2. The number of likely N-dealkylation sites (N-methyl/N-ethyl adjacent to an activating group) is 1. The molecule has 0 unspecified atom stereocenters. The third kappa shape index (κ3) is 6.62. The first-order valence-electron chi connectivity index (χ1n) is 6.43. The topological polar surface area (TPSA) is 75.7 Å². The second kappa shape index (κ2) is 6.93. The number of carbonyl (C=O) groups is 1. The molecule has 1 N–H and O–H groups in total. The van der Waals surface area contributed by atoms with Crippen LogP contribution in [0.25, 0.3) is 0 Å². The van der Waals surface area contributed by atoms with Gasteiger partial charge in [-0.3, -0.25) is 14.4 Å². The van der Waals surface area contributed by atoms with Crippen molar-refractivity contribution in [1.29, 1.82) is 0 Å². The molecular weight excluding hydrogens is 313 g/mol. The van der Waals surface area contributed by atoms with Gasteiger partial charge in [0.15, 0.2) is 0 Å². The van der Waals surface area contributed by atoms with Crippen molar-refractivity contribution >= 4 is 15.9 Å². The van der Waals surface area contributed by atoms with Gasteiger partial charge in [0.1, 0.15) is 0 Å². The zero-order chi connectivity index (χ0) is 16.3. The summed E-state index contributed by atoms with van der Waals surface area (Å²) in [4.78, 5) is 12.5. The van der Waals surface area contributed by atoms with Gasteiger partial charge in [0, 0.05) is 6.61 Å². The van der Waals surface area contributed by atoms with E-state index in [2.05, 4.69) is 0 Å². The van der Waals surface area contributed by atoms with Crippen LogP contribution in [0.5, 0.6) is 0 Å². The predicted octanol–water partition coefficient (Wildman–Crippen LogP) is 0.494. The molecule has 0 aromatic rings. The van der Waals surface area contributed by atoms with Crippen LogP contribution in [-0.4, -0.2) is 63.5 Å². The Morgan fingerprint density at radius 3 is 2.57 bits per heavy atom. The van der Waals surface area contributed by atoms with E-state index < -0.39 is 40.8 Å². The molecule has 1 saturated heterocycles. The van der Waals surface area contributed by atoms with Crippen molar-refractivity contribution in [2.24, 2.45) is 0 Å². The standard InChI is InChI=1S/C11H19F3N2O4S/c1-8(16(2)7-11(12,13)14)10(17)15-21(18,19)6-9-4-3-5-20-9/h8-9H,3-7H2,1-2H3,(H,15,17)/t8-,9+/m1/s1. The summed E-state index contributed by atoms with van der Waals surface area (Å²) in [5.74, 6) is -1.35. The maximum Gasteiger partial charge on any atom is 0.401 e. The lowest BCUT2D eigenvalue weighted by Crippen LogP contribution is -2.49. The van der Waals surface area contributed by atoms with Crippen LogP contribution in [0.4, 0.5) is 13.2 Å². The Balaban J connectivity index is 2.54. The van der Waals surface area contributed by atoms with Crippen molar-refractivity contribution in [2.75, 3.05) is 26.0 Å². The van der Waals surface area contributed by atoms with Crippen molar-refractivity contribution in [2.45, 2.75) is 38.1 Å². The van der Waals surface area contributed by atoms with Crippen molar-refractivity contribution < 1.29 is 31.1 Å². The molecule has 2 atom stereocenters. The Bertz CT molecular complexity index is 461. The summed E-state index contributed by atoms with van der Waals surface area (Å²) in [6.45, 7) is 0.384. The highest BCUT2D eigenvalue weighted by molar-refractivity contribution is 7.90. The Morgan fingerprint density at radius 1 is 1.48 bits per heavy atom. The van der Waals surface area contributed by atoms with E-state index in [1.165, 1.54) is 6.92 Å². The monoisotopic (exact) mass is 332 g/mol. The SMILES string of the molecule is C[C@H](C(=O)NS(=O)(=O)C[C@@H]1CCCO1)N(C)CC(F)(F)F. The van der Waals surface area contributed by atoms with Gasteiger partial charge >= 0.3 is 6.18 Å². The van der Waals surface area contributed by atoms with Crippen LogP contribution in [0.15, 0.2) is 0 Å². The van der Waals surface area contributed by atoms with E-state index in [0.717, 1.165) is 18.4 Å². The van der Waals surface area contributed by atoms with E-state index in [1.807, 2.05) is 0 Å². The normalized spacial score (nSPS) is 21.5. The molecule has 1 aliphatic rings. The molecular formula is C11H19F3N2O4S. The van der Waals surface area contributed by atoms with Gasteiger partial charge in [0.25, 0.3) is 0 Å². The quantitative estimate of drug-likeness (QED) is 0.766. The Morgan fingerprint density at radius 2 is 2.10 bits per heavy atom. The number of rotatable bonds is 6. The summed E-state index contributed by atoms with van der Waals surface area (Å²) in [6, 6.07) is -1.22. The van der Waals surface area contributed by atoms with Gasteiger partial charge in [-0.15, -0.1) is 0 Å². The lowest BCUT2D eigenvalue weighted by molar-refractivity contribution is -0.150. The molecule has 21 heavy (non-hydrogen) atoms. The number of nitrogens with one attached hydrogen (secondary N) is 1. The second-order valence-electron chi connectivity index (χ2n) is 5.09. The number of hydrogen-bond acceptors (Lipinski definition) is 5. The van der Waals surface area contributed by atoms with E-state index in [-0.39, 0.29) is 5.75 Å². The average molecular weight is 332 g/mol. The molecule has 1 aliphatic heterocycles. The van der Waals surface area contributed by atoms with Gasteiger partial charge in [-0.05, 0) is 26.8 Å². The molecule has 0 aliphatic carbocycles. The first-order valence-corrected chi connectivity index (χ1v) is 8.08. The van der Waals surface area contributed by atoms with Crippen molar-refractivity contribution in [3.8, 4) is 0 Å². The van der Waals surface area contributed by atoms with Crippen molar-refractivity contribution in [1.82, 2.24) is 9.62 Å². The van der Waals surface area contributed by atoms with Gasteiger partial charge < -0.3 is 4.74 Å². The van der Waals surface area contributed by atoms with Crippen LogP contribution >= 0.6 is 0 Å². The lowest BCUT2D eigenvalue weighted by Gasteiger charge is -2.24. The van der Waals surface area contributed by atoms with E-state index in [1.54, 1.807) is 4.72 Å². The number of nitrogens with zero attached hydrogens (tertiary/aromatic N) is 1. The van der Waals surface area contributed by atoms with E-state index in [0.29, 0.717) is 13.0 Å². The number of sulfonamides is 1. The average Bonchev–Trinajstić information content (AvgIpc) is 2.76. The molecule has 0 spiro atoms. The van der Waals surface area contributed by atoms with Crippen LogP contribution in [0.3, 0.4) is 0 Å². The minimum atomic E-state index is -4.46. The Labute approximate surface area is 121 Å². The molecule has 0 aromatic heterocycles. The molecule has 0 bridgehead atoms. The summed E-state index contributed by atoms with van der Waals surface area (Å²) in [6.07, 6.45) is -3.60. The minimum absolute atomic E-state index is 0.367. The minimum Gasteiger partial charge on any atom is -0.377 e. The van der Waals surface area contributed by atoms with E-state index >= 15 is 0 Å². The predicted molar refractivity (Wildman–Crippen MR) is 69.1 cm³/mol. The molecule has 10 heteroatoms. The number of amides is 1. The molecule has 1 rings (SSSR count). The van der Waals surface area contributed by atoms with Crippen LogP contribution < -0.4 is 4.72 Å². The Kier molecular flexibility index (Phi) is 6.00. The first kappa shape index (κ1) is 18.2. The summed E-state index contributed by atoms with van der Waals surface area (Å²) < 4.78 is 67.2. The molecule has 0 radical (unpaired) electrons. The second-order valence-corrected chi connectivity index (χ2v) is 6.86. The van der Waals surface area contributed by atoms with Gasteiger partial charge in [0.2, 0.25) is 15.9 Å². The van der Waals surface area contributed by atoms with Crippen LogP contribution in [0.2, 0.25) is 0 Å². The fourth-order valence-electron chi connectivity index (χ4n) is 1.92. The summed E-state index contributed by atoms with van der Waals surface area (Å²) in [7, 11) is -2.82. The number of hydrogen-bond donors (Lipinski definition) is 1. The van der Waals surface area contributed by atoms with Crippen molar-refractivity contribution in [3.63, 3.8) is 0 Å². The molecule has 1 heterocycles. The smallest absolute Gasteiger partial charge is 0.377 e. The van der Waals surface area contributed by atoms with Crippen LogP contribution in [0.1, 0.15) is 19.8 Å². The van der Waals surface area contributed by atoms with Crippen LogP contribution in [-0.2, 0) is 19.6 Å². The molecule has 124 valence electrons. The lowest BCUT2D eigenvalue weighted by atomic mass is 10.3. The third-order valence-electron chi connectivity index (χ3n) is 3.15. The molecule has 1 fully saturated rings. The van der Waals surface area contributed by atoms with Crippen molar-refractivity contribution in [3.05, 3.63) is 0 Å². The fraction of sp³-hybridized carbons (Fsp3) is 0.909. The Hall–Kier alpha value is -0.870. The van der Waals surface area contributed by atoms with Gasteiger partial charge in [-0.25, -0.2) is 8.42 Å². The van der Waals surface area contributed by atoms with E-state index in [4.69, 9.17) is 4.74 Å². The van der Waals surface area contributed by atoms with Gasteiger partial charge in [0.05, 0.1) is 24.4 Å². The highest BCUT2D eigenvalue weighted by Gasteiger charge is 2.34. The molecule has 0 saturated carbocycles. The summed E-state index contributed by atoms with van der Waals surface area (Å²) in [5.41, 5.74) is 0. The maximum atomic E-state index is 12.2. The zero-order valence-electron chi connectivity index (χ0n) is 11.8. The molecule has 0 aromatic carbocycles. The number of halogens is 3. The summed E-state index contributed by atoms with van der Waals surface area (Å²) in [5, 5.41) is 0. The maximum absolute atomic E-state index is 12.2. The number of carbonyl (C=O) groups excluding carboxylic acids is 1. The van der Waals surface area contributed by atoms with Gasteiger partial charge in [-0.1, -0.05) is 0 Å². The largest absolute Gasteiger partial charge is 0.401 e. The van der Waals surface area contributed by atoms with E-state index in [9.17, 15) is 26.4 Å². The molecule has 6 nitrogen and oxygen atoms in total. The first-order chi connectivity index (χ1) is 9.50. The van der Waals surface area contributed by atoms with Crippen LogP contribution in [0, 0.1) is 0 Å². The zero-order valence-corrected chi connectivity index (χ0v) is 12.6. The summed E-state index contributed by atoms with van der Waals surface area (Å²) >= 11 is 0. The highest BCUT2D eigenvalue weighted by Crippen LogP contribution is 2.17.